The Kier molecular flexibility index (Phi) is 5.49. The molecule has 1 saturated heterocycles. The number of carbonyl (C=O) groups excluding carboxylic acids is 1. The van der Waals surface area contributed by atoms with Crippen LogP contribution < -0.4 is 5.32 Å². The Balaban J connectivity index is 1.93. The number of likely N-dealkylation sites (tertiary alicyclic amines) is 1. The van der Waals surface area contributed by atoms with Gasteiger partial charge in [-0.2, -0.15) is 0 Å². The number of hydrogen-bond donors (Lipinski definition) is 1. The molecule has 1 amide bonds. The van der Waals surface area contributed by atoms with E-state index in [9.17, 15) is 4.79 Å². The molecule has 3 nitrogen and oxygen atoms in total. The van der Waals surface area contributed by atoms with Gasteiger partial charge in [-0.3, -0.25) is 4.79 Å². The summed E-state index contributed by atoms with van der Waals surface area (Å²) in [6.07, 6.45) is 2.10. The Bertz CT molecular complexity index is 446. The summed E-state index contributed by atoms with van der Waals surface area (Å²) in [4.78, 5) is 14.9. The van der Waals surface area contributed by atoms with Gasteiger partial charge in [-0.25, -0.2) is 0 Å². The van der Waals surface area contributed by atoms with Crippen LogP contribution in [-0.4, -0.2) is 36.2 Å². The molecule has 0 aromatic heterocycles. The molecule has 110 valence electrons. The molecule has 1 heterocycles. The zero-order valence-electron chi connectivity index (χ0n) is 12.6. The van der Waals surface area contributed by atoms with Gasteiger partial charge in [0, 0.05) is 24.5 Å². The second-order valence-corrected chi connectivity index (χ2v) is 6.68. The predicted octanol–water partition coefficient (Wildman–Crippen LogP) is 3.07. The van der Waals surface area contributed by atoms with Crippen molar-refractivity contribution in [1.82, 2.24) is 10.2 Å². The normalized spacial score (nSPS) is 20.4. The fourth-order valence-corrected chi connectivity index (χ4v) is 3.50. The van der Waals surface area contributed by atoms with Crippen molar-refractivity contribution in [2.75, 3.05) is 20.1 Å². The van der Waals surface area contributed by atoms with Crippen LogP contribution in [0.25, 0.3) is 0 Å². The van der Waals surface area contributed by atoms with Crippen molar-refractivity contribution in [2.24, 2.45) is 0 Å². The van der Waals surface area contributed by atoms with E-state index in [2.05, 4.69) is 43.4 Å². The highest BCUT2D eigenvalue weighted by molar-refractivity contribution is 8.00. The fourth-order valence-electron chi connectivity index (χ4n) is 2.38. The van der Waals surface area contributed by atoms with Crippen molar-refractivity contribution in [3.05, 3.63) is 29.8 Å². The van der Waals surface area contributed by atoms with E-state index >= 15 is 0 Å². The van der Waals surface area contributed by atoms with Gasteiger partial charge in [0.15, 0.2) is 0 Å². The van der Waals surface area contributed by atoms with E-state index in [4.69, 9.17) is 0 Å². The van der Waals surface area contributed by atoms with Crippen LogP contribution in [0.4, 0.5) is 0 Å². The minimum absolute atomic E-state index is 0.0986. The zero-order chi connectivity index (χ0) is 14.5. The van der Waals surface area contributed by atoms with Crippen molar-refractivity contribution in [3.63, 3.8) is 0 Å². The Morgan fingerprint density at radius 3 is 2.65 bits per heavy atom. The maximum atomic E-state index is 11.9. The summed E-state index contributed by atoms with van der Waals surface area (Å²) in [7, 11) is 1.88. The monoisotopic (exact) mass is 292 g/mol. The predicted molar refractivity (Wildman–Crippen MR) is 85.0 cm³/mol. The molecule has 1 fully saturated rings. The number of nitrogens with one attached hydrogen (secondary N) is 1. The maximum absolute atomic E-state index is 11.9. The van der Waals surface area contributed by atoms with Gasteiger partial charge in [-0.15, -0.1) is 11.8 Å². The summed E-state index contributed by atoms with van der Waals surface area (Å²) >= 11 is 1.69. The van der Waals surface area contributed by atoms with Crippen LogP contribution in [0.15, 0.2) is 29.2 Å². The minimum atomic E-state index is 0.0986. The van der Waals surface area contributed by atoms with Gasteiger partial charge in [0.2, 0.25) is 5.91 Å². The summed E-state index contributed by atoms with van der Waals surface area (Å²) in [6.45, 7) is 6.29. The summed E-state index contributed by atoms with van der Waals surface area (Å²) in [5.41, 5.74) is 1.30. The number of carbonyl (C=O) groups is 1. The number of thioether (sulfide) groups is 1. The van der Waals surface area contributed by atoms with Gasteiger partial charge in [-0.05, 0) is 44.0 Å². The first-order valence-electron chi connectivity index (χ1n) is 7.36. The smallest absolute Gasteiger partial charge is 0.235 e. The number of hydrogen-bond acceptors (Lipinski definition) is 3. The largest absolute Gasteiger partial charge is 0.345 e. The summed E-state index contributed by atoms with van der Waals surface area (Å²) in [6, 6.07) is 8.98. The molecule has 0 radical (unpaired) electrons. The van der Waals surface area contributed by atoms with Crippen LogP contribution in [0.5, 0.6) is 0 Å². The van der Waals surface area contributed by atoms with Gasteiger partial charge < -0.3 is 10.2 Å². The third-order valence-electron chi connectivity index (χ3n) is 3.74. The molecule has 1 aliphatic heterocycles. The van der Waals surface area contributed by atoms with Crippen molar-refractivity contribution in [1.29, 1.82) is 0 Å². The average molecular weight is 292 g/mol. The molecule has 1 aliphatic rings. The Morgan fingerprint density at radius 1 is 1.40 bits per heavy atom. The van der Waals surface area contributed by atoms with E-state index in [0.717, 1.165) is 25.9 Å². The lowest BCUT2D eigenvalue weighted by Crippen LogP contribution is -2.23. The van der Waals surface area contributed by atoms with Crippen LogP contribution in [0, 0.1) is 0 Å². The molecule has 2 unspecified atom stereocenters. The molecule has 1 N–H and O–H groups in total. The first-order valence-corrected chi connectivity index (χ1v) is 8.24. The lowest BCUT2D eigenvalue weighted by molar-refractivity contribution is -0.126. The molecule has 4 heteroatoms. The molecule has 0 spiro atoms. The van der Waals surface area contributed by atoms with Gasteiger partial charge in [0.25, 0.3) is 0 Å². The molecule has 0 aliphatic carbocycles. The topological polar surface area (TPSA) is 32.3 Å². The molecule has 0 saturated carbocycles. The van der Waals surface area contributed by atoms with E-state index in [1.54, 1.807) is 11.8 Å². The minimum Gasteiger partial charge on any atom is -0.345 e. The first kappa shape index (κ1) is 15.4. The number of rotatable bonds is 6. The maximum Gasteiger partial charge on any atom is 0.235 e. The third-order valence-corrected chi connectivity index (χ3v) is 5.00. The molecule has 2 atom stereocenters. The first-order chi connectivity index (χ1) is 9.61. The third kappa shape index (κ3) is 3.76. The quantitative estimate of drug-likeness (QED) is 0.874. The summed E-state index contributed by atoms with van der Waals surface area (Å²) in [5.74, 6) is 0.261. The zero-order valence-corrected chi connectivity index (χ0v) is 13.4. The van der Waals surface area contributed by atoms with E-state index < -0.39 is 0 Å². The molecule has 2 rings (SSSR count). The number of benzene rings is 1. The Hall–Kier alpha value is -1.00. The molecule has 1 aromatic carbocycles. The van der Waals surface area contributed by atoms with Crippen LogP contribution in [0.2, 0.25) is 0 Å². The Morgan fingerprint density at radius 2 is 2.10 bits per heavy atom. The second kappa shape index (κ2) is 7.14. The standard InChI is InChI=1S/C16H24N2OS/c1-4-10-17-12(2)13-5-7-14(8-6-13)20-15-9-11-18(3)16(15)19/h5-8,12,15,17H,4,9-11H2,1-3H3. The molecular weight excluding hydrogens is 268 g/mol. The van der Waals surface area contributed by atoms with E-state index in [1.165, 1.54) is 10.5 Å². The number of nitrogens with zero attached hydrogens (tertiary/aromatic N) is 1. The van der Waals surface area contributed by atoms with Gasteiger partial charge >= 0.3 is 0 Å². The molecule has 1 aromatic rings. The highest BCUT2D eigenvalue weighted by Crippen LogP contribution is 2.30. The van der Waals surface area contributed by atoms with Crippen molar-refractivity contribution < 1.29 is 4.79 Å². The lowest BCUT2D eigenvalue weighted by atomic mass is 10.1. The van der Waals surface area contributed by atoms with E-state index in [-0.39, 0.29) is 11.2 Å². The van der Waals surface area contributed by atoms with E-state index in [0.29, 0.717) is 6.04 Å². The van der Waals surface area contributed by atoms with Crippen LogP contribution >= 0.6 is 11.8 Å². The van der Waals surface area contributed by atoms with E-state index in [1.807, 2.05) is 11.9 Å². The molecule has 0 bridgehead atoms. The second-order valence-electron chi connectivity index (χ2n) is 5.40. The van der Waals surface area contributed by atoms with Crippen LogP contribution in [0.3, 0.4) is 0 Å². The molecular formula is C16H24N2OS. The molecule has 20 heavy (non-hydrogen) atoms. The Labute approximate surface area is 126 Å². The van der Waals surface area contributed by atoms with Gasteiger partial charge in [-0.1, -0.05) is 19.1 Å². The average Bonchev–Trinajstić information content (AvgIpc) is 2.77. The SMILES string of the molecule is CCCNC(C)c1ccc(SC2CCN(C)C2=O)cc1. The highest BCUT2D eigenvalue weighted by atomic mass is 32.2. The van der Waals surface area contributed by atoms with Gasteiger partial charge in [0.05, 0.1) is 5.25 Å². The van der Waals surface area contributed by atoms with Crippen LogP contribution in [0.1, 0.15) is 38.3 Å². The summed E-state index contributed by atoms with van der Waals surface area (Å²) in [5, 5.41) is 3.59. The summed E-state index contributed by atoms with van der Waals surface area (Å²) < 4.78 is 0. The van der Waals surface area contributed by atoms with Gasteiger partial charge in [0.1, 0.15) is 0 Å². The number of amides is 1. The lowest BCUT2D eigenvalue weighted by Gasteiger charge is -2.14. The van der Waals surface area contributed by atoms with Crippen molar-refractivity contribution in [2.45, 2.75) is 42.9 Å². The van der Waals surface area contributed by atoms with Crippen molar-refractivity contribution in [3.8, 4) is 0 Å². The fraction of sp³-hybridized carbons (Fsp3) is 0.562. The van der Waals surface area contributed by atoms with Crippen LogP contribution in [-0.2, 0) is 4.79 Å². The highest BCUT2D eigenvalue weighted by Gasteiger charge is 2.29. The van der Waals surface area contributed by atoms with Crippen molar-refractivity contribution >= 4 is 17.7 Å².